The molecule has 2 aliphatic rings. The van der Waals surface area contributed by atoms with E-state index in [0.717, 1.165) is 32.1 Å². The number of ether oxygens (including phenoxy) is 1. The van der Waals surface area contributed by atoms with Crippen LogP contribution < -0.4 is 5.32 Å². The summed E-state index contributed by atoms with van der Waals surface area (Å²) in [7, 11) is 0. The third-order valence-electron chi connectivity index (χ3n) is 4.73. The number of nitrogens with one attached hydrogen (secondary N) is 1. The molecule has 1 heterocycles. The van der Waals surface area contributed by atoms with Crippen molar-refractivity contribution >= 4 is 11.8 Å². The van der Waals surface area contributed by atoms with Gasteiger partial charge in [0.15, 0.2) is 0 Å². The third-order valence-corrected chi connectivity index (χ3v) is 4.73. The van der Waals surface area contributed by atoms with E-state index in [2.05, 4.69) is 5.32 Å². The first-order chi connectivity index (χ1) is 10.0. The number of hydrogen-bond donors (Lipinski definition) is 1. The van der Waals surface area contributed by atoms with Gasteiger partial charge in [0.1, 0.15) is 11.6 Å². The van der Waals surface area contributed by atoms with E-state index in [9.17, 15) is 9.59 Å². The zero-order valence-corrected chi connectivity index (χ0v) is 13.5. The molecular weight excluding hydrogens is 268 g/mol. The number of nitrogens with zero attached hydrogens (tertiary/aromatic N) is 1. The number of piperazine rings is 1. The van der Waals surface area contributed by atoms with Gasteiger partial charge in [-0.15, -0.1) is 0 Å². The highest BCUT2D eigenvalue weighted by atomic mass is 16.5. The van der Waals surface area contributed by atoms with Gasteiger partial charge in [-0.3, -0.25) is 9.59 Å². The van der Waals surface area contributed by atoms with E-state index in [1.165, 1.54) is 0 Å². The highest BCUT2D eigenvalue weighted by Crippen LogP contribution is 2.38. The van der Waals surface area contributed by atoms with E-state index < -0.39 is 5.54 Å². The maximum atomic E-state index is 12.8. The summed E-state index contributed by atoms with van der Waals surface area (Å²) in [5.41, 5.74) is -0.589. The van der Waals surface area contributed by atoms with Gasteiger partial charge < -0.3 is 15.0 Å². The molecule has 1 atom stereocenters. The molecule has 0 bridgehead atoms. The molecule has 1 N–H and O–H groups in total. The van der Waals surface area contributed by atoms with Crippen LogP contribution in [0.1, 0.15) is 52.9 Å². The van der Waals surface area contributed by atoms with Crippen molar-refractivity contribution < 1.29 is 14.3 Å². The second-order valence-corrected chi connectivity index (χ2v) is 6.47. The Labute approximate surface area is 127 Å². The molecule has 0 aromatic heterocycles. The van der Waals surface area contributed by atoms with Gasteiger partial charge in [0.05, 0.1) is 0 Å². The van der Waals surface area contributed by atoms with Crippen LogP contribution in [-0.2, 0) is 14.3 Å². The van der Waals surface area contributed by atoms with E-state index in [4.69, 9.17) is 4.74 Å². The van der Waals surface area contributed by atoms with Crippen molar-refractivity contribution in [1.29, 1.82) is 0 Å². The minimum atomic E-state index is -0.589. The quantitative estimate of drug-likeness (QED) is 0.759. The van der Waals surface area contributed by atoms with Gasteiger partial charge in [-0.2, -0.15) is 0 Å². The second kappa shape index (κ2) is 6.77. The molecule has 21 heavy (non-hydrogen) atoms. The lowest BCUT2D eigenvalue weighted by atomic mass is 9.86. The fourth-order valence-electron chi connectivity index (χ4n) is 3.54. The zero-order valence-electron chi connectivity index (χ0n) is 13.5. The summed E-state index contributed by atoms with van der Waals surface area (Å²) < 4.78 is 5.37. The number of carbonyl (C=O) groups is 2. The monoisotopic (exact) mass is 296 g/mol. The van der Waals surface area contributed by atoms with Crippen LogP contribution in [0.3, 0.4) is 0 Å². The SMILES string of the molecule is CCOCCCN1C(=O)C(C(C)C)NC(=O)C12CCCC2. The van der Waals surface area contributed by atoms with Gasteiger partial charge >= 0.3 is 0 Å². The average Bonchev–Trinajstić information content (AvgIpc) is 2.92. The van der Waals surface area contributed by atoms with Gasteiger partial charge in [-0.05, 0) is 32.1 Å². The van der Waals surface area contributed by atoms with Crippen molar-refractivity contribution in [2.75, 3.05) is 19.8 Å². The molecule has 120 valence electrons. The minimum absolute atomic E-state index is 0.0507. The lowest BCUT2D eigenvalue weighted by molar-refractivity contribution is -0.158. The van der Waals surface area contributed by atoms with Crippen molar-refractivity contribution in [3.05, 3.63) is 0 Å². The first-order valence-electron chi connectivity index (χ1n) is 8.23. The number of carbonyl (C=O) groups excluding carboxylic acids is 2. The topological polar surface area (TPSA) is 58.6 Å². The zero-order chi connectivity index (χ0) is 15.5. The van der Waals surface area contributed by atoms with Crippen molar-refractivity contribution in [3.63, 3.8) is 0 Å². The summed E-state index contributed by atoms with van der Waals surface area (Å²) in [6.45, 7) is 7.88. The molecule has 1 aliphatic carbocycles. The molecule has 1 saturated carbocycles. The van der Waals surface area contributed by atoms with Crippen LogP contribution in [0.4, 0.5) is 0 Å². The van der Waals surface area contributed by atoms with E-state index in [1.807, 2.05) is 25.7 Å². The van der Waals surface area contributed by atoms with Crippen molar-refractivity contribution in [2.24, 2.45) is 5.92 Å². The summed E-state index contributed by atoms with van der Waals surface area (Å²) >= 11 is 0. The van der Waals surface area contributed by atoms with Crippen LogP contribution in [-0.4, -0.2) is 48.1 Å². The summed E-state index contributed by atoms with van der Waals surface area (Å²) in [5, 5.41) is 2.97. The lowest BCUT2D eigenvalue weighted by Crippen LogP contribution is -2.70. The predicted molar refractivity (Wildman–Crippen MR) is 80.8 cm³/mol. The lowest BCUT2D eigenvalue weighted by Gasteiger charge is -2.47. The molecular formula is C16H28N2O3. The van der Waals surface area contributed by atoms with Gasteiger partial charge in [-0.25, -0.2) is 0 Å². The Morgan fingerprint density at radius 3 is 2.57 bits per heavy atom. The fraction of sp³-hybridized carbons (Fsp3) is 0.875. The molecule has 0 aromatic carbocycles. The molecule has 0 aromatic rings. The molecule has 1 unspecified atom stereocenters. The van der Waals surface area contributed by atoms with Crippen LogP contribution in [0.15, 0.2) is 0 Å². The molecule has 2 fully saturated rings. The average molecular weight is 296 g/mol. The maximum absolute atomic E-state index is 12.8. The molecule has 2 rings (SSSR count). The molecule has 0 radical (unpaired) electrons. The second-order valence-electron chi connectivity index (χ2n) is 6.47. The van der Waals surface area contributed by atoms with E-state index in [1.54, 1.807) is 0 Å². The van der Waals surface area contributed by atoms with Crippen LogP contribution in [0.5, 0.6) is 0 Å². The number of rotatable bonds is 6. The molecule has 5 heteroatoms. The van der Waals surface area contributed by atoms with Gasteiger partial charge in [-0.1, -0.05) is 26.7 Å². The third kappa shape index (κ3) is 3.07. The Balaban J connectivity index is 2.15. The van der Waals surface area contributed by atoms with E-state index in [-0.39, 0.29) is 23.8 Å². The highest BCUT2D eigenvalue weighted by molar-refractivity contribution is 6.00. The Kier molecular flexibility index (Phi) is 5.25. The standard InChI is InChI=1S/C16H28N2O3/c1-4-21-11-7-10-18-14(19)13(12(2)3)17-15(20)16(18)8-5-6-9-16/h12-13H,4-11H2,1-3H3,(H,17,20). The molecule has 5 nitrogen and oxygen atoms in total. The van der Waals surface area contributed by atoms with Crippen molar-refractivity contribution in [3.8, 4) is 0 Å². The molecule has 1 saturated heterocycles. The van der Waals surface area contributed by atoms with Crippen molar-refractivity contribution in [1.82, 2.24) is 10.2 Å². The van der Waals surface area contributed by atoms with E-state index in [0.29, 0.717) is 19.8 Å². The van der Waals surface area contributed by atoms with Crippen LogP contribution in [0, 0.1) is 5.92 Å². The van der Waals surface area contributed by atoms with Crippen molar-refractivity contribution in [2.45, 2.75) is 64.5 Å². The number of amides is 2. The summed E-state index contributed by atoms with van der Waals surface area (Å²) in [6.07, 6.45) is 4.43. The van der Waals surface area contributed by atoms with Gasteiger partial charge in [0.25, 0.3) is 0 Å². The maximum Gasteiger partial charge on any atom is 0.246 e. The smallest absolute Gasteiger partial charge is 0.246 e. The van der Waals surface area contributed by atoms with E-state index >= 15 is 0 Å². The molecule has 1 spiro atoms. The van der Waals surface area contributed by atoms with Crippen LogP contribution >= 0.6 is 0 Å². The van der Waals surface area contributed by atoms with Crippen LogP contribution in [0.25, 0.3) is 0 Å². The normalized spacial score (nSPS) is 25.0. The Hall–Kier alpha value is -1.10. The largest absolute Gasteiger partial charge is 0.382 e. The molecule has 2 amide bonds. The predicted octanol–water partition coefficient (Wildman–Crippen LogP) is 1.71. The fourth-order valence-corrected chi connectivity index (χ4v) is 3.54. The Morgan fingerprint density at radius 2 is 2.00 bits per heavy atom. The summed E-state index contributed by atoms with van der Waals surface area (Å²) in [4.78, 5) is 27.3. The van der Waals surface area contributed by atoms with Gasteiger partial charge in [0, 0.05) is 19.8 Å². The first-order valence-corrected chi connectivity index (χ1v) is 8.23. The first kappa shape index (κ1) is 16.3. The number of hydrogen-bond acceptors (Lipinski definition) is 3. The summed E-state index contributed by atoms with van der Waals surface area (Å²) in [6, 6.07) is -0.379. The highest BCUT2D eigenvalue weighted by Gasteiger charge is 2.53. The minimum Gasteiger partial charge on any atom is -0.382 e. The molecule has 1 aliphatic heterocycles. The Morgan fingerprint density at radius 1 is 1.33 bits per heavy atom. The summed E-state index contributed by atoms with van der Waals surface area (Å²) in [5.74, 6) is 0.257. The van der Waals surface area contributed by atoms with Crippen LogP contribution in [0.2, 0.25) is 0 Å². The van der Waals surface area contributed by atoms with Gasteiger partial charge in [0.2, 0.25) is 11.8 Å². The Bertz CT molecular complexity index is 389.